The zero-order valence-electron chi connectivity index (χ0n) is 10.6. The van der Waals surface area contributed by atoms with E-state index in [0.717, 1.165) is 11.3 Å². The maximum atomic E-state index is 11.0. The normalized spacial score (nSPS) is 12.1. The number of thioether (sulfide) groups is 1. The largest absolute Gasteiger partial charge is 0.497 e. The Bertz CT molecular complexity index is 567. The number of benzene rings is 1. The molecule has 1 atom stereocenters. The summed E-state index contributed by atoms with van der Waals surface area (Å²) in [6.45, 7) is 1.72. The van der Waals surface area contributed by atoms with Crippen LogP contribution in [0.25, 0.3) is 11.4 Å². The van der Waals surface area contributed by atoms with Gasteiger partial charge >= 0.3 is 0 Å². The molecule has 100 valence electrons. The Hall–Kier alpha value is -2.02. The van der Waals surface area contributed by atoms with Gasteiger partial charge in [0.15, 0.2) is 5.82 Å². The molecule has 1 amide bonds. The minimum Gasteiger partial charge on any atom is -0.497 e. The minimum atomic E-state index is -0.388. The molecule has 6 nitrogen and oxygen atoms in total. The molecule has 0 saturated heterocycles. The van der Waals surface area contributed by atoms with Crippen molar-refractivity contribution in [3.05, 3.63) is 24.3 Å². The van der Waals surface area contributed by atoms with E-state index in [4.69, 9.17) is 10.5 Å². The van der Waals surface area contributed by atoms with Gasteiger partial charge < -0.3 is 10.5 Å². The van der Waals surface area contributed by atoms with Crippen molar-refractivity contribution in [1.29, 1.82) is 0 Å². The van der Waals surface area contributed by atoms with Gasteiger partial charge in [0, 0.05) is 5.56 Å². The van der Waals surface area contributed by atoms with Gasteiger partial charge in [0.25, 0.3) is 0 Å². The fraction of sp³-hybridized carbons (Fsp3) is 0.250. The van der Waals surface area contributed by atoms with Crippen LogP contribution in [0.3, 0.4) is 0 Å². The number of nitrogens with one attached hydrogen (secondary N) is 1. The second kappa shape index (κ2) is 5.75. The average molecular weight is 278 g/mol. The molecule has 0 aliphatic carbocycles. The quantitative estimate of drug-likeness (QED) is 0.807. The highest BCUT2D eigenvalue weighted by molar-refractivity contribution is 8.00. The van der Waals surface area contributed by atoms with Gasteiger partial charge in [-0.05, 0) is 31.2 Å². The topological polar surface area (TPSA) is 93.9 Å². The van der Waals surface area contributed by atoms with Crippen molar-refractivity contribution >= 4 is 17.7 Å². The summed E-state index contributed by atoms with van der Waals surface area (Å²) in [4.78, 5) is 15.3. The lowest BCUT2D eigenvalue weighted by molar-refractivity contribution is -0.117. The number of nitrogens with two attached hydrogens (primary N) is 1. The van der Waals surface area contributed by atoms with E-state index in [1.807, 2.05) is 24.3 Å². The van der Waals surface area contributed by atoms with Crippen LogP contribution >= 0.6 is 11.8 Å². The summed E-state index contributed by atoms with van der Waals surface area (Å²) in [5.74, 6) is 1.03. The van der Waals surface area contributed by atoms with Crippen molar-refractivity contribution in [2.75, 3.05) is 7.11 Å². The first-order chi connectivity index (χ1) is 9.10. The number of hydrogen-bond donors (Lipinski definition) is 2. The number of hydrogen-bond acceptors (Lipinski definition) is 5. The zero-order valence-corrected chi connectivity index (χ0v) is 11.4. The van der Waals surface area contributed by atoms with E-state index in [1.54, 1.807) is 14.0 Å². The Morgan fingerprint density at radius 3 is 2.68 bits per heavy atom. The van der Waals surface area contributed by atoms with Gasteiger partial charge in [-0.3, -0.25) is 9.89 Å². The number of aromatic amines is 1. The SMILES string of the molecule is COc1ccc(-c2nc(S[C@H](C)C(N)=O)n[nH]2)cc1. The predicted molar refractivity (Wildman–Crippen MR) is 72.9 cm³/mol. The first-order valence-corrected chi connectivity index (χ1v) is 6.51. The summed E-state index contributed by atoms with van der Waals surface area (Å²) < 4.78 is 5.09. The van der Waals surface area contributed by atoms with Gasteiger partial charge in [0.1, 0.15) is 5.75 Å². The van der Waals surface area contributed by atoms with E-state index in [2.05, 4.69) is 15.2 Å². The Balaban J connectivity index is 2.13. The van der Waals surface area contributed by atoms with E-state index in [-0.39, 0.29) is 11.2 Å². The first kappa shape index (κ1) is 13.4. The van der Waals surface area contributed by atoms with Crippen molar-refractivity contribution in [3.8, 4) is 17.1 Å². The molecule has 2 aromatic rings. The first-order valence-electron chi connectivity index (χ1n) is 5.63. The van der Waals surface area contributed by atoms with Crippen LogP contribution in [0.1, 0.15) is 6.92 Å². The molecule has 1 aromatic carbocycles. The van der Waals surface area contributed by atoms with Crippen LogP contribution in [0.5, 0.6) is 5.75 Å². The highest BCUT2D eigenvalue weighted by Crippen LogP contribution is 2.23. The molecule has 7 heteroatoms. The zero-order chi connectivity index (χ0) is 13.8. The Morgan fingerprint density at radius 2 is 2.11 bits per heavy atom. The smallest absolute Gasteiger partial charge is 0.230 e. The van der Waals surface area contributed by atoms with Crippen molar-refractivity contribution in [3.63, 3.8) is 0 Å². The molecule has 19 heavy (non-hydrogen) atoms. The maximum Gasteiger partial charge on any atom is 0.230 e. The molecule has 2 rings (SSSR count). The molecule has 1 heterocycles. The summed E-state index contributed by atoms with van der Waals surface area (Å²) in [6.07, 6.45) is 0. The summed E-state index contributed by atoms with van der Waals surface area (Å²) in [6, 6.07) is 7.45. The molecule has 0 saturated carbocycles. The minimum absolute atomic E-state index is 0.362. The number of amides is 1. The van der Waals surface area contributed by atoms with E-state index in [1.165, 1.54) is 11.8 Å². The molecule has 0 aliphatic rings. The van der Waals surface area contributed by atoms with Gasteiger partial charge in [0.2, 0.25) is 11.1 Å². The van der Waals surface area contributed by atoms with Gasteiger partial charge in [-0.15, -0.1) is 5.10 Å². The molecular formula is C12H14N4O2S. The van der Waals surface area contributed by atoms with Gasteiger partial charge in [-0.2, -0.15) is 0 Å². The highest BCUT2D eigenvalue weighted by Gasteiger charge is 2.14. The van der Waals surface area contributed by atoms with Gasteiger partial charge in [-0.25, -0.2) is 4.98 Å². The third-order valence-electron chi connectivity index (χ3n) is 2.51. The lowest BCUT2D eigenvalue weighted by Crippen LogP contribution is -2.22. The van der Waals surface area contributed by atoms with Crippen LogP contribution in [0.15, 0.2) is 29.4 Å². The number of H-pyrrole nitrogens is 1. The molecular weight excluding hydrogens is 264 g/mol. The molecule has 3 N–H and O–H groups in total. The lowest BCUT2D eigenvalue weighted by Gasteiger charge is -2.01. The lowest BCUT2D eigenvalue weighted by atomic mass is 10.2. The molecule has 1 aromatic heterocycles. The summed E-state index contributed by atoms with van der Waals surface area (Å²) >= 11 is 1.22. The van der Waals surface area contributed by atoms with Crippen molar-refractivity contribution < 1.29 is 9.53 Å². The third kappa shape index (κ3) is 3.25. The van der Waals surface area contributed by atoms with E-state index >= 15 is 0 Å². The molecule has 0 spiro atoms. The molecule has 0 fully saturated rings. The molecule has 0 aliphatic heterocycles. The number of methoxy groups -OCH3 is 1. The second-order valence-corrected chi connectivity index (χ2v) is 5.17. The standard InChI is InChI=1S/C12H14N4O2S/c1-7(10(13)17)19-12-14-11(15-16-12)8-3-5-9(18-2)6-4-8/h3-7H,1-2H3,(H2,13,17)(H,14,15,16)/t7-/m1/s1. The average Bonchev–Trinajstić information content (AvgIpc) is 2.87. The number of rotatable bonds is 5. The van der Waals surface area contributed by atoms with Crippen molar-refractivity contribution in [2.24, 2.45) is 5.73 Å². The fourth-order valence-corrected chi connectivity index (χ4v) is 2.07. The van der Waals surface area contributed by atoms with E-state index in [0.29, 0.717) is 11.0 Å². The highest BCUT2D eigenvalue weighted by atomic mass is 32.2. The number of carbonyl (C=O) groups excluding carboxylic acids is 1. The van der Waals surface area contributed by atoms with Crippen LogP contribution < -0.4 is 10.5 Å². The maximum absolute atomic E-state index is 11.0. The van der Waals surface area contributed by atoms with Crippen molar-refractivity contribution in [2.45, 2.75) is 17.3 Å². The summed E-state index contributed by atoms with van der Waals surface area (Å²) in [5.41, 5.74) is 6.09. The van der Waals surface area contributed by atoms with Crippen molar-refractivity contribution in [1.82, 2.24) is 15.2 Å². The fourth-order valence-electron chi connectivity index (χ4n) is 1.39. The van der Waals surface area contributed by atoms with Gasteiger partial charge in [0.05, 0.1) is 12.4 Å². The monoisotopic (exact) mass is 278 g/mol. The molecule has 0 unspecified atom stereocenters. The Morgan fingerprint density at radius 1 is 1.42 bits per heavy atom. The predicted octanol–water partition coefficient (Wildman–Crippen LogP) is 1.45. The van der Waals surface area contributed by atoms with Crippen LogP contribution in [-0.4, -0.2) is 33.4 Å². The van der Waals surface area contributed by atoms with Crippen LogP contribution in [-0.2, 0) is 4.79 Å². The second-order valence-electron chi connectivity index (χ2n) is 3.86. The summed E-state index contributed by atoms with van der Waals surface area (Å²) in [5, 5.41) is 7.01. The van der Waals surface area contributed by atoms with Crippen LogP contribution in [0.2, 0.25) is 0 Å². The number of nitrogens with zero attached hydrogens (tertiary/aromatic N) is 2. The van der Waals surface area contributed by atoms with Gasteiger partial charge in [-0.1, -0.05) is 11.8 Å². The molecule has 0 bridgehead atoms. The molecule has 0 radical (unpaired) electrons. The Labute approximate surface area is 114 Å². The van der Waals surface area contributed by atoms with E-state index in [9.17, 15) is 4.79 Å². The summed E-state index contributed by atoms with van der Waals surface area (Å²) in [7, 11) is 1.61. The van der Waals surface area contributed by atoms with Crippen LogP contribution in [0, 0.1) is 0 Å². The Kier molecular flexibility index (Phi) is 4.06. The number of ether oxygens (including phenoxy) is 1. The number of carbonyl (C=O) groups is 1. The number of aromatic nitrogens is 3. The van der Waals surface area contributed by atoms with E-state index < -0.39 is 0 Å². The third-order valence-corrected chi connectivity index (χ3v) is 3.49. The number of primary amides is 1. The van der Waals surface area contributed by atoms with Crippen LogP contribution in [0.4, 0.5) is 0 Å².